The van der Waals surface area contributed by atoms with E-state index in [-0.39, 0.29) is 55.8 Å². The van der Waals surface area contributed by atoms with E-state index in [1.54, 1.807) is 0 Å². The zero-order chi connectivity index (χ0) is 8.39. The first kappa shape index (κ1) is 21.4. The Kier molecular flexibility index (Phi) is 13.8. The van der Waals surface area contributed by atoms with Crippen molar-refractivity contribution in [2.24, 2.45) is 0 Å². The molecule has 16 heavy (non-hydrogen) atoms. The molecule has 0 amide bonds. The predicted octanol–water partition coefficient (Wildman–Crippen LogP) is -5.77. The number of rotatable bonds is 1. The second-order valence-electron chi connectivity index (χ2n) is 3.09. The van der Waals surface area contributed by atoms with Gasteiger partial charge >= 0.3 is 18.6 Å². The fraction of sp³-hybridized carbons (Fsp3) is 0.167. The number of benzene rings is 1. The molecule has 2 rings (SSSR count). The Hall–Kier alpha value is 0.154. The van der Waals surface area contributed by atoms with Gasteiger partial charge in [-0.1, -0.05) is 31.5 Å². The maximum atomic E-state index is 3.35. The van der Waals surface area contributed by atoms with E-state index in [4.69, 9.17) is 0 Å². The summed E-state index contributed by atoms with van der Waals surface area (Å²) in [6.07, 6.45) is 6.63. The Morgan fingerprint density at radius 1 is 1.00 bits per heavy atom. The minimum Gasteiger partial charge on any atom is -1.00 e. The molecule has 0 atom stereocenters. The molecule has 0 saturated carbocycles. The second-order valence-corrected chi connectivity index (χ2v) is 3.09. The molecule has 1 aliphatic carbocycles. The third kappa shape index (κ3) is 5.47. The fourth-order valence-electron chi connectivity index (χ4n) is 1.39. The SMILES string of the molecule is CC1=[C-]C(c2ccccc2)=CC1.[Cl-].[Cl-].[Cl-].[V+4]. The van der Waals surface area contributed by atoms with E-state index in [0.29, 0.717) is 0 Å². The summed E-state index contributed by atoms with van der Waals surface area (Å²) in [5.74, 6) is 0. The minimum absolute atomic E-state index is 0. The number of halogens is 3. The van der Waals surface area contributed by atoms with Gasteiger partial charge in [-0.05, 0) is 0 Å². The van der Waals surface area contributed by atoms with Gasteiger partial charge in [0.15, 0.2) is 0 Å². The molecule has 0 fully saturated rings. The van der Waals surface area contributed by atoms with Crippen LogP contribution in [0.15, 0.2) is 42.0 Å². The van der Waals surface area contributed by atoms with E-state index in [9.17, 15) is 0 Å². The smallest absolute Gasteiger partial charge is 1.00 e. The average Bonchev–Trinajstić information content (AvgIpc) is 2.54. The van der Waals surface area contributed by atoms with Crippen LogP contribution >= 0.6 is 0 Å². The molecular formula is C12H11Cl3V. The van der Waals surface area contributed by atoms with Crippen molar-refractivity contribution in [3.63, 3.8) is 0 Å². The molecule has 0 spiro atoms. The van der Waals surface area contributed by atoms with Crippen molar-refractivity contribution in [1.29, 1.82) is 0 Å². The first-order valence-corrected chi connectivity index (χ1v) is 4.21. The molecule has 1 aliphatic rings. The molecule has 1 aromatic rings. The molecule has 0 N–H and O–H groups in total. The summed E-state index contributed by atoms with van der Waals surface area (Å²) in [5, 5.41) is 0. The molecular weight excluding hydrogens is 301 g/mol. The summed E-state index contributed by atoms with van der Waals surface area (Å²) < 4.78 is 0. The molecule has 0 unspecified atom stereocenters. The van der Waals surface area contributed by atoms with Crippen molar-refractivity contribution in [3.05, 3.63) is 53.6 Å². The number of hydrogen-bond acceptors (Lipinski definition) is 0. The van der Waals surface area contributed by atoms with Crippen LogP contribution in [0.5, 0.6) is 0 Å². The van der Waals surface area contributed by atoms with E-state index in [1.807, 2.05) is 6.07 Å². The molecule has 1 radical (unpaired) electrons. The minimum atomic E-state index is 0. The van der Waals surface area contributed by atoms with Gasteiger partial charge in [0.25, 0.3) is 0 Å². The zero-order valence-electron chi connectivity index (χ0n) is 8.75. The van der Waals surface area contributed by atoms with Crippen LogP contribution in [0.4, 0.5) is 0 Å². The standard InChI is InChI=1S/C12H11.3ClH.V/c1-10-7-8-12(9-10)11-5-3-2-4-6-11;;;;/h2-6,8H,7H2,1H3;3*1H;/q-1;;;;+4/p-3. The van der Waals surface area contributed by atoms with Crippen LogP contribution in [0.2, 0.25) is 0 Å². The summed E-state index contributed by atoms with van der Waals surface area (Å²) >= 11 is 0. The van der Waals surface area contributed by atoms with E-state index < -0.39 is 0 Å². The molecule has 0 aromatic heterocycles. The Labute approximate surface area is 128 Å². The van der Waals surface area contributed by atoms with Crippen molar-refractivity contribution in [2.45, 2.75) is 13.3 Å². The van der Waals surface area contributed by atoms with E-state index in [1.165, 1.54) is 16.7 Å². The summed E-state index contributed by atoms with van der Waals surface area (Å²) in [6.45, 7) is 2.12. The topological polar surface area (TPSA) is 0 Å². The van der Waals surface area contributed by atoms with E-state index in [0.717, 1.165) is 6.42 Å². The van der Waals surface area contributed by atoms with Gasteiger partial charge in [-0.15, -0.1) is 23.3 Å². The van der Waals surface area contributed by atoms with Gasteiger partial charge in [0, 0.05) is 0 Å². The molecule has 0 bridgehead atoms. The van der Waals surface area contributed by atoms with Crippen LogP contribution in [0.3, 0.4) is 0 Å². The Morgan fingerprint density at radius 3 is 2.00 bits per heavy atom. The molecule has 4 heteroatoms. The predicted molar refractivity (Wildman–Crippen MR) is 51.5 cm³/mol. The van der Waals surface area contributed by atoms with Gasteiger partial charge in [-0.25, -0.2) is 0 Å². The molecule has 1 aromatic carbocycles. The maximum absolute atomic E-state index is 3.35. The molecule has 0 saturated heterocycles. The summed E-state index contributed by atoms with van der Waals surface area (Å²) in [6, 6.07) is 10.4. The summed E-state index contributed by atoms with van der Waals surface area (Å²) in [7, 11) is 0. The van der Waals surface area contributed by atoms with Crippen molar-refractivity contribution in [3.8, 4) is 0 Å². The summed E-state index contributed by atoms with van der Waals surface area (Å²) in [5.41, 5.74) is 3.84. The van der Waals surface area contributed by atoms with Crippen LogP contribution in [-0.4, -0.2) is 0 Å². The van der Waals surface area contributed by atoms with Crippen molar-refractivity contribution in [2.75, 3.05) is 0 Å². The maximum Gasteiger partial charge on any atom is 4.00 e. The fourth-order valence-corrected chi connectivity index (χ4v) is 1.39. The monoisotopic (exact) mass is 311 g/mol. The van der Waals surface area contributed by atoms with E-state index >= 15 is 0 Å². The van der Waals surface area contributed by atoms with Crippen LogP contribution in [-0.2, 0) is 18.6 Å². The van der Waals surface area contributed by atoms with Crippen LogP contribution in [0.1, 0.15) is 18.9 Å². The first-order valence-electron chi connectivity index (χ1n) is 4.21. The van der Waals surface area contributed by atoms with Gasteiger partial charge < -0.3 is 37.2 Å². The van der Waals surface area contributed by atoms with Crippen molar-refractivity contribution in [1.82, 2.24) is 0 Å². The van der Waals surface area contributed by atoms with Crippen LogP contribution < -0.4 is 37.2 Å². The van der Waals surface area contributed by atoms with Crippen molar-refractivity contribution < 1.29 is 55.8 Å². The summed E-state index contributed by atoms with van der Waals surface area (Å²) in [4.78, 5) is 0. The van der Waals surface area contributed by atoms with Gasteiger partial charge in [0.1, 0.15) is 0 Å². The van der Waals surface area contributed by atoms with Crippen LogP contribution in [0.25, 0.3) is 5.57 Å². The third-order valence-electron chi connectivity index (χ3n) is 2.05. The quantitative estimate of drug-likeness (QED) is 0.454. The normalized spacial score (nSPS) is 11.8. The molecule has 0 aliphatic heterocycles. The zero-order valence-corrected chi connectivity index (χ0v) is 12.4. The Bertz CT molecular complexity index is 345. The first-order chi connectivity index (χ1) is 5.86. The molecule has 0 nitrogen and oxygen atoms in total. The van der Waals surface area contributed by atoms with Gasteiger partial charge in [-0.3, -0.25) is 0 Å². The van der Waals surface area contributed by atoms with Gasteiger partial charge in [0.2, 0.25) is 0 Å². The third-order valence-corrected chi connectivity index (χ3v) is 2.05. The van der Waals surface area contributed by atoms with Gasteiger partial charge in [-0.2, -0.15) is 17.7 Å². The Balaban J connectivity index is -0.000000422. The van der Waals surface area contributed by atoms with Crippen molar-refractivity contribution >= 4 is 5.57 Å². The number of allylic oxidation sites excluding steroid dienone is 4. The largest absolute Gasteiger partial charge is 4.00 e. The molecule has 85 valence electrons. The average molecular weight is 313 g/mol. The molecule has 0 heterocycles. The Morgan fingerprint density at radius 2 is 1.56 bits per heavy atom. The van der Waals surface area contributed by atoms with Crippen LogP contribution in [0, 0.1) is 6.08 Å². The second kappa shape index (κ2) is 10.3. The van der Waals surface area contributed by atoms with E-state index in [2.05, 4.69) is 43.3 Å². The van der Waals surface area contributed by atoms with Gasteiger partial charge in [0.05, 0.1) is 0 Å². The number of hydrogen-bond donors (Lipinski definition) is 0.